The predicted molar refractivity (Wildman–Crippen MR) is 145 cm³/mol. The van der Waals surface area contributed by atoms with Crippen LogP contribution in [0, 0.1) is 6.92 Å². The van der Waals surface area contributed by atoms with Crippen molar-refractivity contribution in [2.24, 2.45) is 0 Å². The molecule has 1 aliphatic rings. The second kappa shape index (κ2) is 12.1. The Kier molecular flexibility index (Phi) is 8.16. The van der Waals surface area contributed by atoms with Gasteiger partial charge in [-0.15, -0.1) is 5.10 Å². The van der Waals surface area contributed by atoms with E-state index in [0.29, 0.717) is 29.7 Å². The maximum absolute atomic E-state index is 12.7. The number of carbonyl (C=O) groups excluding carboxylic acids is 1. The zero-order valence-corrected chi connectivity index (χ0v) is 22.3. The summed E-state index contributed by atoms with van der Waals surface area (Å²) in [5.74, 6) is -0.455. The average Bonchev–Trinajstić information content (AvgIpc) is 3.41. The highest BCUT2D eigenvalue weighted by Gasteiger charge is 2.26. The highest BCUT2D eigenvalue weighted by molar-refractivity contribution is 7.99. The molecule has 0 radical (unpaired) electrons. The summed E-state index contributed by atoms with van der Waals surface area (Å²) in [5, 5.41) is 21.9. The number of benzene rings is 2. The van der Waals surface area contributed by atoms with E-state index in [1.54, 1.807) is 33.5 Å². The lowest BCUT2D eigenvalue weighted by atomic mass is 10.1. The number of rotatable bonds is 8. The molecule has 200 valence electrons. The zero-order valence-electron chi connectivity index (χ0n) is 21.4. The first kappa shape index (κ1) is 26.4. The van der Waals surface area contributed by atoms with E-state index in [1.165, 1.54) is 12.1 Å². The van der Waals surface area contributed by atoms with E-state index in [1.807, 2.05) is 49.4 Å². The molecule has 0 atom stereocenters. The number of nitrogens with zero attached hydrogens (tertiary/aromatic N) is 6. The number of carbonyl (C=O) groups is 2. The maximum atomic E-state index is 12.7. The molecule has 5 rings (SSSR count). The Balaban J connectivity index is 1.09. The van der Waals surface area contributed by atoms with Gasteiger partial charge in [-0.05, 0) is 97.1 Å². The van der Waals surface area contributed by atoms with Crippen LogP contribution in [0.4, 0.5) is 4.79 Å². The van der Waals surface area contributed by atoms with E-state index in [4.69, 9.17) is 9.84 Å². The molecule has 11 heteroatoms. The third-order valence-electron chi connectivity index (χ3n) is 6.52. The van der Waals surface area contributed by atoms with Gasteiger partial charge in [-0.3, -0.25) is 4.98 Å². The molecule has 1 fully saturated rings. The maximum Gasteiger partial charge on any atom is 0.415 e. The van der Waals surface area contributed by atoms with Crippen LogP contribution in [0.15, 0.2) is 71.9 Å². The van der Waals surface area contributed by atoms with E-state index >= 15 is 0 Å². The number of hydrogen-bond donors (Lipinski definition) is 1. The summed E-state index contributed by atoms with van der Waals surface area (Å²) >= 11 is 1.55. The van der Waals surface area contributed by atoms with Crippen molar-refractivity contribution in [1.82, 2.24) is 30.1 Å². The van der Waals surface area contributed by atoms with Gasteiger partial charge in [-0.25, -0.2) is 9.59 Å². The molecule has 1 N–H and O–H groups in total. The Morgan fingerprint density at radius 3 is 2.44 bits per heavy atom. The minimum absolute atomic E-state index is 0.201. The van der Waals surface area contributed by atoms with Crippen LogP contribution >= 0.6 is 11.8 Å². The van der Waals surface area contributed by atoms with Gasteiger partial charge in [-0.1, -0.05) is 30.0 Å². The van der Waals surface area contributed by atoms with Crippen LogP contribution in [0.5, 0.6) is 5.75 Å². The Morgan fingerprint density at radius 1 is 1.00 bits per heavy atom. The lowest BCUT2D eigenvalue weighted by Gasteiger charge is -2.30. The molecule has 0 saturated carbocycles. The fraction of sp³-hybridized carbons (Fsp3) is 0.286. The van der Waals surface area contributed by atoms with E-state index < -0.39 is 5.97 Å². The fourth-order valence-corrected chi connectivity index (χ4v) is 5.44. The topological polar surface area (TPSA) is 123 Å². The summed E-state index contributed by atoms with van der Waals surface area (Å²) in [6.07, 6.45) is 2.93. The first-order chi connectivity index (χ1) is 18.9. The number of tetrazole rings is 1. The fourth-order valence-electron chi connectivity index (χ4n) is 4.37. The van der Waals surface area contributed by atoms with E-state index in [0.717, 1.165) is 42.6 Å². The molecule has 1 amide bonds. The number of likely N-dealkylation sites (tertiary alicyclic amines) is 1. The molecular formula is C28H28N6O4S. The Labute approximate surface area is 230 Å². The first-order valence-electron chi connectivity index (χ1n) is 12.7. The third-order valence-corrected chi connectivity index (χ3v) is 7.79. The van der Waals surface area contributed by atoms with Crippen LogP contribution < -0.4 is 4.74 Å². The van der Waals surface area contributed by atoms with Crippen LogP contribution in [0.25, 0.3) is 5.69 Å². The second-order valence-electron chi connectivity index (χ2n) is 9.31. The molecule has 10 nitrogen and oxygen atoms in total. The average molecular weight is 545 g/mol. The normalized spacial score (nSPS) is 13.8. The molecule has 0 bridgehead atoms. The number of carboxylic acids is 1. The molecule has 0 unspecified atom stereocenters. The van der Waals surface area contributed by atoms with Gasteiger partial charge < -0.3 is 14.7 Å². The zero-order chi connectivity index (χ0) is 27.2. The number of carboxylic acid groups (broad SMARTS) is 1. The van der Waals surface area contributed by atoms with Crippen molar-refractivity contribution in [2.45, 2.75) is 43.0 Å². The SMILES string of the molecule is Cc1cccc(CCc2ccc(OC(=O)N3CCC(Sc4nnnn4-c4ccc(C(=O)O)cc4)CC3)cc2)n1. The van der Waals surface area contributed by atoms with Gasteiger partial charge in [0, 0.05) is 29.7 Å². The number of piperidine rings is 1. The molecule has 0 spiro atoms. The summed E-state index contributed by atoms with van der Waals surface area (Å²) < 4.78 is 7.22. The third kappa shape index (κ3) is 6.80. The minimum Gasteiger partial charge on any atom is -0.478 e. The second-order valence-corrected chi connectivity index (χ2v) is 10.6. The number of aromatic carboxylic acids is 1. The molecule has 1 aliphatic heterocycles. The number of aromatic nitrogens is 5. The van der Waals surface area contributed by atoms with Gasteiger partial charge in [0.2, 0.25) is 5.16 Å². The minimum atomic E-state index is -0.984. The molecule has 0 aliphatic carbocycles. The summed E-state index contributed by atoms with van der Waals surface area (Å²) in [6.45, 7) is 3.14. The Morgan fingerprint density at radius 2 is 1.74 bits per heavy atom. The largest absolute Gasteiger partial charge is 0.478 e. The standard InChI is InChI=1S/C28H28N6O4S/c1-19-3-2-4-22(29-19)10-5-20-6-13-24(14-7-20)38-28(37)33-17-15-25(16-18-33)39-27-30-31-32-34(27)23-11-8-21(9-12-23)26(35)36/h2-4,6-9,11-14,25H,5,10,15-18H2,1H3,(H,35,36). The molecule has 2 aromatic carbocycles. The van der Waals surface area contributed by atoms with Crippen molar-refractivity contribution < 1.29 is 19.4 Å². The van der Waals surface area contributed by atoms with Gasteiger partial charge in [-0.2, -0.15) is 4.68 Å². The number of aryl methyl sites for hydroxylation is 3. The van der Waals surface area contributed by atoms with Crippen LogP contribution in [0.3, 0.4) is 0 Å². The smallest absolute Gasteiger partial charge is 0.415 e. The molecule has 3 heterocycles. The molecular weight excluding hydrogens is 516 g/mol. The predicted octanol–water partition coefficient (Wildman–Crippen LogP) is 4.60. The molecule has 4 aromatic rings. The summed E-state index contributed by atoms with van der Waals surface area (Å²) in [5.41, 5.74) is 4.13. The number of hydrogen-bond acceptors (Lipinski definition) is 8. The van der Waals surface area contributed by atoms with Crippen molar-refractivity contribution in [3.05, 3.63) is 89.2 Å². The van der Waals surface area contributed by atoms with Gasteiger partial charge >= 0.3 is 12.1 Å². The van der Waals surface area contributed by atoms with Crippen LogP contribution in [0.2, 0.25) is 0 Å². The number of amides is 1. The van der Waals surface area contributed by atoms with Crippen molar-refractivity contribution in [2.75, 3.05) is 13.1 Å². The van der Waals surface area contributed by atoms with Gasteiger partial charge in [0.15, 0.2) is 0 Å². The summed E-state index contributed by atoms with van der Waals surface area (Å²) in [7, 11) is 0. The lowest BCUT2D eigenvalue weighted by molar-refractivity contribution is 0.0696. The number of ether oxygens (including phenoxy) is 1. The van der Waals surface area contributed by atoms with E-state index in [-0.39, 0.29) is 16.9 Å². The van der Waals surface area contributed by atoms with Crippen LogP contribution in [0.1, 0.15) is 40.2 Å². The summed E-state index contributed by atoms with van der Waals surface area (Å²) in [6, 6.07) is 20.1. The highest BCUT2D eigenvalue weighted by Crippen LogP contribution is 2.30. The van der Waals surface area contributed by atoms with Gasteiger partial charge in [0.1, 0.15) is 5.75 Å². The van der Waals surface area contributed by atoms with E-state index in [9.17, 15) is 9.59 Å². The van der Waals surface area contributed by atoms with E-state index in [2.05, 4.69) is 20.5 Å². The number of pyridine rings is 1. The van der Waals surface area contributed by atoms with Crippen LogP contribution in [-0.4, -0.2) is 65.6 Å². The lowest BCUT2D eigenvalue weighted by Crippen LogP contribution is -2.41. The molecule has 2 aromatic heterocycles. The quantitative estimate of drug-likeness (QED) is 0.339. The Hall–Kier alpha value is -4.25. The number of thioether (sulfide) groups is 1. The molecule has 1 saturated heterocycles. The van der Waals surface area contributed by atoms with Crippen LogP contribution in [-0.2, 0) is 12.8 Å². The van der Waals surface area contributed by atoms with Gasteiger partial charge in [0.05, 0.1) is 11.3 Å². The summed E-state index contributed by atoms with van der Waals surface area (Å²) in [4.78, 5) is 30.1. The monoisotopic (exact) mass is 544 g/mol. The highest BCUT2D eigenvalue weighted by atomic mass is 32.2. The molecule has 39 heavy (non-hydrogen) atoms. The van der Waals surface area contributed by atoms with Gasteiger partial charge in [0.25, 0.3) is 0 Å². The first-order valence-corrected chi connectivity index (χ1v) is 13.6. The van der Waals surface area contributed by atoms with Crippen molar-refractivity contribution >= 4 is 23.8 Å². The van der Waals surface area contributed by atoms with Crippen molar-refractivity contribution in [3.63, 3.8) is 0 Å². The Bertz CT molecular complexity index is 1430. The van der Waals surface area contributed by atoms with Crippen molar-refractivity contribution in [3.8, 4) is 11.4 Å². The van der Waals surface area contributed by atoms with Crippen molar-refractivity contribution in [1.29, 1.82) is 0 Å².